The Morgan fingerprint density at radius 1 is 1.24 bits per heavy atom. The third kappa shape index (κ3) is 6.41. The molecule has 6 heteroatoms. The highest BCUT2D eigenvalue weighted by atomic mass is 16.5. The number of nitrogens with zero attached hydrogens (tertiary/aromatic N) is 1. The first-order chi connectivity index (χ1) is 15.4. The van der Waals surface area contributed by atoms with E-state index < -0.39 is 0 Å². The van der Waals surface area contributed by atoms with Crippen molar-refractivity contribution in [1.82, 2.24) is 0 Å². The average molecular weight is 455 g/mol. The number of carbonyl (C=O) groups is 1. The maximum atomic E-state index is 11.7. The number of ether oxygens (including phenoxy) is 2. The first-order valence-corrected chi connectivity index (χ1v) is 11.8. The number of fused-ring (bicyclic) bond motifs is 1. The molecule has 1 saturated heterocycles. The third-order valence-electron chi connectivity index (χ3n) is 5.59. The molecular formula is C27H40N3O3+. The molecule has 1 fully saturated rings. The summed E-state index contributed by atoms with van der Waals surface area (Å²) in [6.07, 6.45) is 0.955. The van der Waals surface area contributed by atoms with E-state index in [4.69, 9.17) is 9.47 Å². The minimum Gasteiger partial charge on any atom is -0.484 e. The van der Waals surface area contributed by atoms with E-state index in [-0.39, 0.29) is 23.0 Å². The van der Waals surface area contributed by atoms with Crippen LogP contribution in [0.2, 0.25) is 0 Å². The molecule has 4 rings (SSSR count). The van der Waals surface area contributed by atoms with Crippen LogP contribution in [0.15, 0.2) is 36.4 Å². The fraction of sp³-hybridized carbons (Fsp3) is 0.519. The van der Waals surface area contributed by atoms with Crippen molar-refractivity contribution in [2.45, 2.75) is 59.1 Å². The molecule has 0 aromatic heterocycles. The van der Waals surface area contributed by atoms with Crippen molar-refractivity contribution in [3.05, 3.63) is 42.0 Å². The molecule has 180 valence electrons. The van der Waals surface area contributed by atoms with Crippen molar-refractivity contribution in [3.63, 3.8) is 0 Å². The highest BCUT2D eigenvalue weighted by molar-refractivity contribution is 5.85. The van der Waals surface area contributed by atoms with E-state index >= 15 is 0 Å². The quantitative estimate of drug-likeness (QED) is 0.679. The minimum atomic E-state index is -0.223. The Bertz CT molecular complexity index is 983. The normalized spacial score (nSPS) is 16.9. The summed E-state index contributed by atoms with van der Waals surface area (Å²) in [6.45, 7) is 14.8. The van der Waals surface area contributed by atoms with Crippen molar-refractivity contribution >= 4 is 17.3 Å². The van der Waals surface area contributed by atoms with Gasteiger partial charge in [0, 0.05) is 24.3 Å². The van der Waals surface area contributed by atoms with E-state index in [0.29, 0.717) is 13.1 Å². The molecule has 0 unspecified atom stereocenters. The van der Waals surface area contributed by atoms with Gasteiger partial charge in [-0.05, 0) is 76.4 Å². The van der Waals surface area contributed by atoms with E-state index in [1.54, 1.807) is 0 Å². The van der Waals surface area contributed by atoms with Gasteiger partial charge < -0.3 is 25.4 Å². The summed E-state index contributed by atoms with van der Waals surface area (Å²) >= 11 is 0. The van der Waals surface area contributed by atoms with Gasteiger partial charge in [0.1, 0.15) is 11.4 Å². The maximum Gasteiger partial charge on any atom is 0.312 e. The molecule has 33 heavy (non-hydrogen) atoms. The second-order valence-electron chi connectivity index (χ2n) is 10.8. The minimum absolute atomic E-state index is 0.0258. The predicted octanol–water partition coefficient (Wildman–Crippen LogP) is 4.13. The van der Waals surface area contributed by atoms with E-state index in [1.165, 1.54) is 12.7 Å². The summed E-state index contributed by atoms with van der Waals surface area (Å²) in [5, 5.41) is 3.58. The van der Waals surface area contributed by atoms with Crippen LogP contribution < -0.4 is 20.7 Å². The SMILES string of the molecule is CC(C)(C)[NH3+].CCc1cc2c(c(-c3cccc(N4CC(C(=O)OC)C4)c3)c1)NCC(C)(C)O2. The summed E-state index contributed by atoms with van der Waals surface area (Å²) in [5.41, 5.74) is 9.56. The van der Waals surface area contributed by atoms with E-state index in [1.807, 2.05) is 0 Å². The number of nitrogens with one attached hydrogen (secondary N) is 1. The molecule has 2 aromatic carbocycles. The van der Waals surface area contributed by atoms with Gasteiger partial charge in [-0.3, -0.25) is 4.79 Å². The Kier molecular flexibility index (Phi) is 7.27. The average Bonchev–Trinajstić information content (AvgIpc) is 2.69. The molecule has 0 aliphatic carbocycles. The van der Waals surface area contributed by atoms with Crippen LogP contribution in [0.1, 0.15) is 47.1 Å². The van der Waals surface area contributed by atoms with Crippen molar-refractivity contribution in [1.29, 1.82) is 0 Å². The Morgan fingerprint density at radius 2 is 1.91 bits per heavy atom. The zero-order chi connectivity index (χ0) is 24.4. The van der Waals surface area contributed by atoms with E-state index in [9.17, 15) is 4.79 Å². The number of hydrogen-bond donors (Lipinski definition) is 2. The third-order valence-corrected chi connectivity index (χ3v) is 5.59. The molecule has 0 amide bonds. The van der Waals surface area contributed by atoms with Crippen LogP contribution in [-0.4, -0.2) is 43.9 Å². The van der Waals surface area contributed by atoms with E-state index in [2.05, 4.69) is 93.9 Å². The van der Waals surface area contributed by atoms with Gasteiger partial charge >= 0.3 is 5.97 Å². The molecule has 6 nitrogen and oxygen atoms in total. The first-order valence-electron chi connectivity index (χ1n) is 11.8. The van der Waals surface area contributed by atoms with Crippen LogP contribution in [0.3, 0.4) is 0 Å². The second-order valence-corrected chi connectivity index (χ2v) is 10.8. The molecule has 0 radical (unpaired) electrons. The van der Waals surface area contributed by atoms with Crippen molar-refractivity contribution < 1.29 is 20.0 Å². The smallest absolute Gasteiger partial charge is 0.312 e. The lowest BCUT2D eigenvalue weighted by molar-refractivity contribution is -0.458. The number of benzene rings is 2. The van der Waals surface area contributed by atoms with Crippen LogP contribution >= 0.6 is 0 Å². The van der Waals surface area contributed by atoms with Crippen LogP contribution in [0.4, 0.5) is 11.4 Å². The van der Waals surface area contributed by atoms with Gasteiger partial charge in [-0.25, -0.2) is 0 Å². The largest absolute Gasteiger partial charge is 0.484 e. The summed E-state index contributed by atoms with van der Waals surface area (Å²) in [4.78, 5) is 13.9. The summed E-state index contributed by atoms with van der Waals surface area (Å²) < 4.78 is 11.1. The molecule has 0 bridgehead atoms. The molecule has 0 saturated carbocycles. The summed E-state index contributed by atoms with van der Waals surface area (Å²) in [6, 6.07) is 12.9. The molecule has 0 spiro atoms. The number of methoxy groups -OCH3 is 1. The summed E-state index contributed by atoms with van der Waals surface area (Å²) in [5.74, 6) is 0.772. The van der Waals surface area contributed by atoms with Gasteiger partial charge in [0.15, 0.2) is 0 Å². The lowest BCUT2D eigenvalue weighted by atomic mass is 9.95. The lowest BCUT2D eigenvalue weighted by Gasteiger charge is -2.39. The van der Waals surface area contributed by atoms with Gasteiger partial charge in [-0.2, -0.15) is 0 Å². The Labute approximate surface area is 198 Å². The van der Waals surface area contributed by atoms with Crippen LogP contribution in [0, 0.1) is 5.92 Å². The number of esters is 1. The number of hydrogen-bond acceptors (Lipinski definition) is 5. The van der Waals surface area contributed by atoms with Gasteiger partial charge in [0.2, 0.25) is 0 Å². The number of aryl methyl sites for hydroxylation is 1. The zero-order valence-electron chi connectivity index (χ0n) is 21.2. The molecule has 2 aliphatic heterocycles. The highest BCUT2D eigenvalue weighted by Gasteiger charge is 2.34. The fourth-order valence-corrected chi connectivity index (χ4v) is 3.88. The fourth-order valence-electron chi connectivity index (χ4n) is 3.88. The number of rotatable bonds is 4. The van der Waals surface area contributed by atoms with Crippen molar-refractivity contribution in [3.8, 4) is 16.9 Å². The monoisotopic (exact) mass is 454 g/mol. The van der Waals surface area contributed by atoms with Gasteiger partial charge in [0.05, 0.1) is 30.8 Å². The lowest BCUT2D eigenvalue weighted by Crippen LogP contribution is -2.67. The predicted molar refractivity (Wildman–Crippen MR) is 135 cm³/mol. The molecular weight excluding hydrogens is 414 g/mol. The Morgan fingerprint density at radius 3 is 2.52 bits per heavy atom. The number of carbonyl (C=O) groups excluding carboxylic acids is 1. The van der Waals surface area contributed by atoms with Crippen LogP contribution in [-0.2, 0) is 16.0 Å². The molecule has 2 heterocycles. The topological polar surface area (TPSA) is 78.4 Å². The second kappa shape index (κ2) is 9.64. The van der Waals surface area contributed by atoms with E-state index in [0.717, 1.165) is 41.2 Å². The zero-order valence-corrected chi connectivity index (χ0v) is 21.2. The number of quaternary nitrogens is 1. The number of anilines is 2. The van der Waals surface area contributed by atoms with Crippen LogP contribution in [0.25, 0.3) is 11.1 Å². The standard InChI is InChI=1S/C23H28N2O3.C4H11N/c1-5-15-9-19(21-20(10-15)28-23(2,3)14-24-21)16-7-6-8-18(11-16)25-12-17(13-25)22(26)27-4;1-4(2,3)5/h6-11,17,24H,5,12-14H2,1-4H3;5H2,1-3H3/p+1. The molecule has 2 aliphatic rings. The van der Waals surface area contributed by atoms with Gasteiger partial charge in [-0.1, -0.05) is 19.1 Å². The van der Waals surface area contributed by atoms with Gasteiger partial charge in [0.25, 0.3) is 0 Å². The Balaban J connectivity index is 0.000000555. The Hall–Kier alpha value is -2.73. The molecule has 2 aromatic rings. The highest BCUT2D eigenvalue weighted by Crippen LogP contribution is 2.42. The van der Waals surface area contributed by atoms with Crippen molar-refractivity contribution in [2.75, 3.05) is 37.0 Å². The first kappa shape index (κ1) is 24.9. The van der Waals surface area contributed by atoms with Crippen molar-refractivity contribution in [2.24, 2.45) is 5.92 Å². The maximum absolute atomic E-state index is 11.7. The van der Waals surface area contributed by atoms with Crippen LogP contribution in [0.5, 0.6) is 5.75 Å². The molecule has 4 N–H and O–H groups in total. The molecule has 0 atom stereocenters. The summed E-state index contributed by atoms with van der Waals surface area (Å²) in [7, 11) is 1.45. The van der Waals surface area contributed by atoms with Gasteiger partial charge in [-0.15, -0.1) is 0 Å².